The first-order valence-corrected chi connectivity index (χ1v) is 14.1. The van der Waals surface area contributed by atoms with E-state index in [1.165, 1.54) is 22.3 Å². The van der Waals surface area contributed by atoms with Gasteiger partial charge in [0.05, 0.1) is 0 Å². The highest BCUT2D eigenvalue weighted by atomic mass is 31.2. The smallest absolute Gasteiger partial charge is 0.328 e. The highest BCUT2D eigenvalue weighted by Gasteiger charge is 2.19. The van der Waals surface area contributed by atoms with Crippen molar-refractivity contribution < 1.29 is 23.9 Å². The summed E-state index contributed by atoms with van der Waals surface area (Å²) >= 11 is 0. The highest BCUT2D eigenvalue weighted by Crippen LogP contribution is 2.41. The molecule has 0 aliphatic heterocycles. The highest BCUT2D eigenvalue weighted by molar-refractivity contribution is 7.53. The Kier molecular flexibility index (Phi) is 13.2. The lowest BCUT2D eigenvalue weighted by Crippen LogP contribution is -2.15. The normalized spacial score (nSPS) is 12.6. The number of rotatable bonds is 2. The van der Waals surface area contributed by atoms with Gasteiger partial charge in [-0.05, 0) is 43.9 Å². The van der Waals surface area contributed by atoms with E-state index in [1.54, 1.807) is 0 Å². The van der Waals surface area contributed by atoms with E-state index < -0.39 is 17.2 Å². The molecule has 0 fully saturated rings. The molecule has 4 N–H and O–H groups in total. The van der Waals surface area contributed by atoms with E-state index in [0.29, 0.717) is 0 Å². The van der Waals surface area contributed by atoms with Crippen molar-refractivity contribution in [2.45, 2.75) is 105 Å². The largest absolute Gasteiger partial charge is 0.334 e. The molecule has 2 aromatic rings. The first-order valence-electron chi connectivity index (χ1n) is 11.8. The monoisotopic (exact) mass is 526 g/mol. The molecule has 200 valence electrons. The quantitative estimate of drug-likeness (QED) is 0.298. The van der Waals surface area contributed by atoms with Crippen LogP contribution in [-0.4, -0.2) is 19.6 Å². The molecule has 0 spiro atoms. The molecule has 5 nitrogen and oxygen atoms in total. The minimum Gasteiger partial charge on any atom is -0.328 e. The Morgan fingerprint density at radius 2 is 0.657 bits per heavy atom. The molecule has 35 heavy (non-hydrogen) atoms. The Balaban J connectivity index is 0.000000526. The van der Waals surface area contributed by atoms with E-state index in [0.717, 1.165) is 0 Å². The fourth-order valence-corrected chi connectivity index (χ4v) is 3.49. The zero-order chi connectivity index (χ0) is 27.8. The fraction of sp³-hybridized carbons (Fsp3) is 0.571. The molecule has 0 unspecified atom stereocenters. The van der Waals surface area contributed by atoms with Crippen molar-refractivity contribution in [2.24, 2.45) is 0 Å². The van der Waals surface area contributed by atoms with E-state index in [1.807, 2.05) is 0 Å². The minimum absolute atomic E-state index is 0.251. The van der Waals surface area contributed by atoms with Crippen LogP contribution in [0.1, 0.15) is 105 Å². The Morgan fingerprint density at radius 3 is 0.771 bits per heavy atom. The van der Waals surface area contributed by atoms with Gasteiger partial charge in [0.25, 0.3) is 0 Å². The van der Waals surface area contributed by atoms with Gasteiger partial charge < -0.3 is 19.6 Å². The van der Waals surface area contributed by atoms with Crippen LogP contribution in [0.25, 0.3) is 0 Å². The van der Waals surface area contributed by atoms with E-state index in [4.69, 9.17) is 19.6 Å². The molecule has 2 rings (SSSR count). The molecule has 7 heteroatoms. The topological polar surface area (TPSA) is 90.2 Å². The van der Waals surface area contributed by atoms with Crippen molar-refractivity contribution in [3.63, 3.8) is 0 Å². The van der Waals surface area contributed by atoms with Crippen LogP contribution in [0.2, 0.25) is 0 Å². The third-order valence-electron chi connectivity index (χ3n) is 5.34. The van der Waals surface area contributed by atoms with Crippen LogP contribution in [0.4, 0.5) is 0 Å². The van der Waals surface area contributed by atoms with E-state index >= 15 is 0 Å². The van der Waals surface area contributed by atoms with Crippen LogP contribution in [0.5, 0.6) is 0 Å². The predicted molar refractivity (Wildman–Crippen MR) is 151 cm³/mol. The van der Waals surface area contributed by atoms with Crippen LogP contribution >= 0.6 is 17.2 Å². The molecule has 0 saturated carbocycles. The minimum atomic E-state index is -2.61. The van der Waals surface area contributed by atoms with Gasteiger partial charge >= 0.3 is 17.2 Å². The Labute approximate surface area is 216 Å². The van der Waals surface area contributed by atoms with E-state index in [-0.39, 0.29) is 21.7 Å². The van der Waals surface area contributed by atoms with Gasteiger partial charge in [0.2, 0.25) is 0 Å². The Hall–Kier alpha value is -0.900. The summed E-state index contributed by atoms with van der Waals surface area (Å²) in [7, 11) is -5.22. The van der Waals surface area contributed by atoms with Gasteiger partial charge in [-0.3, -0.25) is 0 Å². The van der Waals surface area contributed by atoms with Gasteiger partial charge in [-0.1, -0.05) is 132 Å². The zero-order valence-electron chi connectivity index (χ0n) is 23.7. The second-order valence-corrected chi connectivity index (χ2v) is 14.4. The summed E-state index contributed by atoms with van der Waals surface area (Å²) in [5.41, 5.74) is 6.69. The zero-order valence-corrected chi connectivity index (χ0v) is 25.5. The maximum Gasteiger partial charge on any atom is 0.334 e. The predicted octanol–water partition coefficient (Wildman–Crippen LogP) is 7.99. The molecule has 0 aliphatic rings. The van der Waals surface area contributed by atoms with Crippen molar-refractivity contribution in [3.8, 4) is 0 Å². The number of hydrogen-bond acceptors (Lipinski definition) is 5. The summed E-state index contributed by atoms with van der Waals surface area (Å²) in [5, 5.41) is 0. The summed E-state index contributed by atoms with van der Waals surface area (Å²) in [6.45, 7) is 27.1. The van der Waals surface area contributed by atoms with Gasteiger partial charge in [0.15, 0.2) is 0 Å². The Bertz CT molecular complexity index is 752. The van der Waals surface area contributed by atoms with Crippen molar-refractivity contribution in [1.82, 2.24) is 0 Å². The lowest BCUT2D eigenvalue weighted by molar-refractivity contribution is 0.324. The van der Waals surface area contributed by atoms with Crippen molar-refractivity contribution in [3.05, 3.63) is 70.8 Å². The summed E-state index contributed by atoms with van der Waals surface area (Å²) in [4.78, 5) is 31.3. The molecule has 2 aromatic carbocycles. The Morgan fingerprint density at radius 1 is 0.457 bits per heavy atom. The van der Waals surface area contributed by atoms with Crippen LogP contribution < -0.4 is 0 Å². The van der Waals surface area contributed by atoms with Crippen LogP contribution in [-0.2, 0) is 26.0 Å². The van der Waals surface area contributed by atoms with Gasteiger partial charge in [-0.15, -0.1) is 0 Å². The van der Waals surface area contributed by atoms with Crippen molar-refractivity contribution in [2.75, 3.05) is 0 Å². The lowest BCUT2D eigenvalue weighted by atomic mass is 9.81. The van der Waals surface area contributed by atoms with Gasteiger partial charge in [-0.2, -0.15) is 0 Å². The number of benzene rings is 2. The molecule has 0 aliphatic carbocycles. The summed E-state index contributed by atoms with van der Waals surface area (Å²) in [6.07, 6.45) is 0. The molecule has 0 saturated heterocycles. The molecule has 0 bridgehead atoms. The van der Waals surface area contributed by atoms with Crippen LogP contribution in [0, 0.1) is 0 Å². The van der Waals surface area contributed by atoms with E-state index in [2.05, 4.69) is 136 Å². The second-order valence-electron chi connectivity index (χ2n) is 12.7. The maximum atomic E-state index is 7.82. The number of hydrogen-bond donors (Lipinski definition) is 4. The summed E-state index contributed by atoms with van der Waals surface area (Å²) in [6, 6.07) is 17.9. The fourth-order valence-electron chi connectivity index (χ4n) is 2.97. The van der Waals surface area contributed by atoms with Crippen LogP contribution in [0.3, 0.4) is 0 Å². The maximum absolute atomic E-state index is 7.82. The summed E-state index contributed by atoms with van der Waals surface area (Å²) < 4.78 is 3.60. The first-order chi connectivity index (χ1) is 15.5. The summed E-state index contributed by atoms with van der Waals surface area (Å²) in [5.74, 6) is 0. The molecular formula is C28H48O5P2. The molecule has 0 atom stereocenters. The molecule has 0 radical (unpaired) electrons. The van der Waals surface area contributed by atoms with Gasteiger partial charge in [-0.25, -0.2) is 4.31 Å². The average Bonchev–Trinajstić information content (AvgIpc) is 2.65. The second kappa shape index (κ2) is 13.6. The standard InChI is InChI=1S/2C14H22.H4O5P2/c2*1-13(2,3)11-8-7-9-12(10-11)14(4,5)6;1-6(2)5-7(3)4/h2*7-10H,1-6H3;1-4H. The third-order valence-corrected chi connectivity index (χ3v) is 6.50. The molecular weight excluding hydrogens is 478 g/mol. The van der Waals surface area contributed by atoms with Gasteiger partial charge in [0, 0.05) is 0 Å². The van der Waals surface area contributed by atoms with Crippen molar-refractivity contribution >= 4 is 17.2 Å². The molecule has 0 amide bonds. The molecule has 0 heterocycles. The van der Waals surface area contributed by atoms with E-state index in [9.17, 15) is 0 Å². The molecule has 0 aromatic heterocycles. The van der Waals surface area contributed by atoms with Crippen molar-refractivity contribution in [1.29, 1.82) is 0 Å². The third kappa shape index (κ3) is 14.4. The van der Waals surface area contributed by atoms with Gasteiger partial charge in [0.1, 0.15) is 0 Å². The average molecular weight is 527 g/mol. The SMILES string of the molecule is CC(C)(C)c1cccc(C(C)(C)C)c1.CC(C)(C)c1cccc(C(C)(C)C)c1.OP(O)OP(O)O. The lowest BCUT2D eigenvalue weighted by Gasteiger charge is -2.24. The van der Waals surface area contributed by atoms with Crippen LogP contribution in [0.15, 0.2) is 48.5 Å². The first kappa shape index (κ1) is 34.1.